The van der Waals surface area contributed by atoms with Crippen LogP contribution >= 0.6 is 0 Å². The molecule has 0 unspecified atom stereocenters. The van der Waals surface area contributed by atoms with Crippen LogP contribution in [0, 0.1) is 13.8 Å². The van der Waals surface area contributed by atoms with Gasteiger partial charge in [0.1, 0.15) is 11.5 Å². The average molecular weight is 425 g/mol. The van der Waals surface area contributed by atoms with Crippen molar-refractivity contribution in [1.82, 2.24) is 9.80 Å². The summed E-state index contributed by atoms with van der Waals surface area (Å²) in [6.45, 7) is 7.05. The van der Waals surface area contributed by atoms with E-state index >= 15 is 0 Å². The summed E-state index contributed by atoms with van der Waals surface area (Å²) in [5.74, 6) is 1.61. The van der Waals surface area contributed by atoms with Crippen molar-refractivity contribution in [1.29, 1.82) is 0 Å². The number of carbonyl (C=O) groups is 2. The van der Waals surface area contributed by atoms with E-state index in [0.717, 1.165) is 17.7 Å². The second kappa shape index (κ2) is 11.4. The molecule has 1 aliphatic heterocycles. The minimum atomic E-state index is -0.0382. The van der Waals surface area contributed by atoms with Crippen molar-refractivity contribution in [2.75, 3.05) is 39.4 Å². The fourth-order valence-electron chi connectivity index (χ4n) is 3.54. The van der Waals surface area contributed by atoms with E-state index in [1.54, 1.807) is 4.90 Å². The lowest BCUT2D eigenvalue weighted by Crippen LogP contribution is -2.39. The number of ether oxygens (including phenoxy) is 2. The van der Waals surface area contributed by atoms with E-state index in [4.69, 9.17) is 9.47 Å². The lowest BCUT2D eigenvalue weighted by Gasteiger charge is -2.22. The molecule has 1 saturated heterocycles. The Bertz CT molecular complexity index is 869. The van der Waals surface area contributed by atoms with Crippen LogP contribution in [0.2, 0.25) is 0 Å². The van der Waals surface area contributed by atoms with Crippen LogP contribution in [0.15, 0.2) is 48.5 Å². The first-order valence-electron chi connectivity index (χ1n) is 11.0. The minimum Gasteiger partial charge on any atom is -0.494 e. The minimum absolute atomic E-state index is 0.0211. The molecule has 3 rings (SSSR count). The topological polar surface area (TPSA) is 59.1 Å². The Morgan fingerprint density at radius 2 is 1.52 bits per heavy atom. The van der Waals surface area contributed by atoms with Crippen molar-refractivity contribution in [2.24, 2.45) is 0 Å². The summed E-state index contributed by atoms with van der Waals surface area (Å²) in [6.07, 6.45) is 1.91. The largest absolute Gasteiger partial charge is 0.494 e. The van der Waals surface area contributed by atoms with E-state index in [9.17, 15) is 9.59 Å². The zero-order valence-electron chi connectivity index (χ0n) is 18.5. The van der Waals surface area contributed by atoms with Crippen molar-refractivity contribution in [3.8, 4) is 11.5 Å². The van der Waals surface area contributed by atoms with Gasteiger partial charge in [-0.1, -0.05) is 24.3 Å². The van der Waals surface area contributed by atoms with Gasteiger partial charge in [-0.05, 0) is 62.1 Å². The second-order valence-corrected chi connectivity index (χ2v) is 7.91. The normalized spacial score (nSPS) is 14.1. The highest BCUT2D eigenvalue weighted by Gasteiger charge is 2.22. The van der Waals surface area contributed by atoms with Gasteiger partial charge in [-0.15, -0.1) is 0 Å². The van der Waals surface area contributed by atoms with Gasteiger partial charge in [-0.3, -0.25) is 9.59 Å². The van der Waals surface area contributed by atoms with Gasteiger partial charge in [0.2, 0.25) is 5.91 Å². The van der Waals surface area contributed by atoms with Crippen LogP contribution in [0.1, 0.15) is 30.4 Å². The number of aryl methyl sites for hydroxylation is 2. The molecule has 0 aromatic heterocycles. The lowest BCUT2D eigenvalue weighted by atomic mass is 10.1. The number of amides is 2. The number of nitrogens with zero attached hydrogens (tertiary/aromatic N) is 2. The third-order valence-electron chi connectivity index (χ3n) is 5.59. The average Bonchev–Trinajstić information content (AvgIpc) is 3.04. The summed E-state index contributed by atoms with van der Waals surface area (Å²) < 4.78 is 11.3. The molecule has 2 aromatic rings. The van der Waals surface area contributed by atoms with E-state index in [0.29, 0.717) is 51.4 Å². The maximum atomic E-state index is 12.6. The van der Waals surface area contributed by atoms with Crippen LogP contribution in [0.4, 0.5) is 0 Å². The van der Waals surface area contributed by atoms with Crippen LogP contribution in [0.25, 0.3) is 0 Å². The third-order valence-corrected chi connectivity index (χ3v) is 5.59. The Morgan fingerprint density at radius 3 is 2.23 bits per heavy atom. The van der Waals surface area contributed by atoms with Crippen LogP contribution in [-0.4, -0.2) is 61.0 Å². The SMILES string of the molecule is Cc1ccc(OCC(=O)N2CCCN(C(=O)CCCOc3ccccc3)CC2)cc1C. The van der Waals surface area contributed by atoms with Gasteiger partial charge in [0, 0.05) is 32.6 Å². The standard InChI is InChI=1S/C25H32N2O4/c1-20-11-12-23(18-21(20)2)31-19-25(29)27-14-7-13-26(15-16-27)24(28)10-6-17-30-22-8-4-3-5-9-22/h3-5,8-9,11-12,18H,6-7,10,13-17,19H2,1-2H3. The zero-order valence-corrected chi connectivity index (χ0v) is 18.5. The Hall–Kier alpha value is -3.02. The van der Waals surface area contributed by atoms with Crippen LogP contribution in [0.3, 0.4) is 0 Å². The van der Waals surface area contributed by atoms with Gasteiger partial charge in [-0.2, -0.15) is 0 Å². The molecular weight excluding hydrogens is 392 g/mol. The Labute approximate surface area is 184 Å². The smallest absolute Gasteiger partial charge is 0.260 e. The van der Waals surface area contributed by atoms with Crippen molar-refractivity contribution >= 4 is 11.8 Å². The Morgan fingerprint density at radius 1 is 0.806 bits per heavy atom. The molecule has 1 heterocycles. The molecule has 0 N–H and O–H groups in total. The molecule has 6 heteroatoms. The summed E-state index contributed by atoms with van der Waals surface area (Å²) in [7, 11) is 0. The highest BCUT2D eigenvalue weighted by molar-refractivity contribution is 5.78. The molecule has 0 spiro atoms. The van der Waals surface area contributed by atoms with E-state index < -0.39 is 0 Å². The van der Waals surface area contributed by atoms with E-state index in [-0.39, 0.29) is 18.4 Å². The zero-order chi connectivity index (χ0) is 22.1. The summed E-state index contributed by atoms with van der Waals surface area (Å²) >= 11 is 0. The molecule has 6 nitrogen and oxygen atoms in total. The van der Waals surface area contributed by atoms with Crippen LogP contribution < -0.4 is 9.47 Å². The molecule has 2 amide bonds. The van der Waals surface area contributed by atoms with E-state index in [1.807, 2.05) is 67.3 Å². The molecule has 31 heavy (non-hydrogen) atoms. The van der Waals surface area contributed by atoms with Gasteiger partial charge in [0.05, 0.1) is 6.61 Å². The van der Waals surface area contributed by atoms with Gasteiger partial charge in [-0.25, -0.2) is 0 Å². The molecule has 0 bridgehead atoms. The first kappa shape index (κ1) is 22.7. The number of hydrogen-bond acceptors (Lipinski definition) is 4. The Balaban J connectivity index is 1.38. The number of rotatable bonds is 8. The maximum Gasteiger partial charge on any atom is 0.260 e. The highest BCUT2D eigenvalue weighted by Crippen LogP contribution is 2.17. The molecule has 1 aliphatic rings. The van der Waals surface area contributed by atoms with Crippen molar-refractivity contribution in [3.63, 3.8) is 0 Å². The second-order valence-electron chi connectivity index (χ2n) is 7.91. The fourth-order valence-corrected chi connectivity index (χ4v) is 3.54. The highest BCUT2D eigenvalue weighted by atomic mass is 16.5. The van der Waals surface area contributed by atoms with Gasteiger partial charge >= 0.3 is 0 Å². The van der Waals surface area contributed by atoms with Crippen molar-refractivity contribution < 1.29 is 19.1 Å². The maximum absolute atomic E-state index is 12.6. The molecule has 1 fully saturated rings. The van der Waals surface area contributed by atoms with E-state index in [1.165, 1.54) is 5.56 Å². The lowest BCUT2D eigenvalue weighted by molar-refractivity contribution is -0.134. The van der Waals surface area contributed by atoms with E-state index in [2.05, 4.69) is 0 Å². The first-order chi connectivity index (χ1) is 15.0. The number of benzene rings is 2. The predicted octanol–water partition coefficient (Wildman–Crippen LogP) is 3.60. The third kappa shape index (κ3) is 7.02. The summed E-state index contributed by atoms with van der Waals surface area (Å²) in [5, 5.41) is 0. The van der Waals surface area contributed by atoms with Gasteiger partial charge in [0.15, 0.2) is 6.61 Å². The number of para-hydroxylation sites is 1. The summed E-state index contributed by atoms with van der Waals surface area (Å²) in [6, 6.07) is 15.5. The summed E-state index contributed by atoms with van der Waals surface area (Å²) in [4.78, 5) is 28.8. The van der Waals surface area contributed by atoms with Gasteiger partial charge in [0.25, 0.3) is 5.91 Å². The number of hydrogen-bond donors (Lipinski definition) is 0. The molecule has 166 valence electrons. The quantitative estimate of drug-likeness (QED) is 0.608. The predicted molar refractivity (Wildman–Crippen MR) is 120 cm³/mol. The molecule has 0 radical (unpaired) electrons. The van der Waals surface area contributed by atoms with Crippen molar-refractivity contribution in [3.05, 3.63) is 59.7 Å². The molecular formula is C25H32N2O4. The monoisotopic (exact) mass is 424 g/mol. The van der Waals surface area contributed by atoms with Gasteiger partial charge < -0.3 is 19.3 Å². The van der Waals surface area contributed by atoms with Crippen LogP contribution in [-0.2, 0) is 9.59 Å². The molecule has 0 atom stereocenters. The molecule has 2 aromatic carbocycles. The molecule has 0 saturated carbocycles. The van der Waals surface area contributed by atoms with Crippen molar-refractivity contribution in [2.45, 2.75) is 33.1 Å². The molecule has 0 aliphatic carbocycles. The fraction of sp³-hybridized carbons (Fsp3) is 0.440. The first-order valence-corrected chi connectivity index (χ1v) is 11.0. The Kier molecular flexibility index (Phi) is 8.33. The summed E-state index contributed by atoms with van der Waals surface area (Å²) in [5.41, 5.74) is 2.34. The van der Waals surface area contributed by atoms with Crippen LogP contribution in [0.5, 0.6) is 11.5 Å². The number of carbonyl (C=O) groups excluding carboxylic acids is 2.